The van der Waals surface area contributed by atoms with E-state index in [1.165, 1.54) is 0 Å². The SMILES string of the molecule is O=C(Cc1ccccc1Br)c1cc2cccc(Br)c2o1. The minimum Gasteiger partial charge on any atom is -0.452 e. The van der Waals surface area contributed by atoms with Crippen LogP contribution >= 0.6 is 31.9 Å². The molecule has 1 aromatic heterocycles. The fraction of sp³-hybridized carbons (Fsp3) is 0.0625. The van der Waals surface area contributed by atoms with E-state index in [4.69, 9.17) is 4.42 Å². The van der Waals surface area contributed by atoms with Gasteiger partial charge in [-0.25, -0.2) is 0 Å². The first-order valence-corrected chi connectivity index (χ1v) is 7.68. The van der Waals surface area contributed by atoms with Gasteiger partial charge in [0.2, 0.25) is 5.78 Å². The zero-order valence-electron chi connectivity index (χ0n) is 10.4. The molecule has 20 heavy (non-hydrogen) atoms. The summed E-state index contributed by atoms with van der Waals surface area (Å²) in [7, 11) is 0. The molecule has 0 N–H and O–H groups in total. The van der Waals surface area contributed by atoms with Crippen molar-refractivity contribution in [1.82, 2.24) is 0 Å². The Balaban J connectivity index is 1.93. The van der Waals surface area contributed by atoms with Crippen LogP contribution in [0.25, 0.3) is 11.0 Å². The average molecular weight is 394 g/mol. The number of fused-ring (bicyclic) bond motifs is 1. The molecule has 0 saturated carbocycles. The smallest absolute Gasteiger partial charge is 0.202 e. The Kier molecular flexibility index (Phi) is 3.76. The summed E-state index contributed by atoms with van der Waals surface area (Å²) in [6.45, 7) is 0. The van der Waals surface area contributed by atoms with Gasteiger partial charge in [-0.15, -0.1) is 0 Å². The van der Waals surface area contributed by atoms with E-state index in [9.17, 15) is 4.79 Å². The van der Waals surface area contributed by atoms with E-state index in [0.717, 1.165) is 19.9 Å². The van der Waals surface area contributed by atoms with Gasteiger partial charge in [-0.05, 0) is 39.7 Å². The molecule has 1 heterocycles. The maximum absolute atomic E-state index is 12.3. The zero-order valence-corrected chi connectivity index (χ0v) is 13.6. The number of rotatable bonds is 3. The van der Waals surface area contributed by atoms with Crippen molar-refractivity contribution >= 4 is 48.6 Å². The van der Waals surface area contributed by atoms with Crippen LogP contribution in [0.1, 0.15) is 16.1 Å². The van der Waals surface area contributed by atoms with E-state index in [2.05, 4.69) is 31.9 Å². The molecule has 3 aromatic rings. The largest absolute Gasteiger partial charge is 0.452 e. The predicted molar refractivity (Wildman–Crippen MR) is 86.1 cm³/mol. The van der Waals surface area contributed by atoms with E-state index < -0.39 is 0 Å². The highest BCUT2D eigenvalue weighted by molar-refractivity contribution is 9.11. The molecule has 0 unspecified atom stereocenters. The normalized spacial score (nSPS) is 10.9. The van der Waals surface area contributed by atoms with Crippen LogP contribution < -0.4 is 0 Å². The third kappa shape index (κ3) is 2.58. The molecular formula is C16H10Br2O2. The highest BCUT2D eigenvalue weighted by atomic mass is 79.9. The molecule has 100 valence electrons. The third-order valence-electron chi connectivity index (χ3n) is 3.08. The van der Waals surface area contributed by atoms with Gasteiger partial charge in [-0.2, -0.15) is 0 Å². The van der Waals surface area contributed by atoms with Crippen molar-refractivity contribution < 1.29 is 9.21 Å². The molecule has 0 aliphatic carbocycles. The first kappa shape index (κ1) is 13.6. The Labute approximate surface area is 133 Å². The second-order valence-corrected chi connectivity index (χ2v) is 6.17. The van der Waals surface area contributed by atoms with Crippen molar-refractivity contribution in [3.63, 3.8) is 0 Å². The van der Waals surface area contributed by atoms with Crippen LogP contribution in [0.4, 0.5) is 0 Å². The summed E-state index contributed by atoms with van der Waals surface area (Å²) in [5.74, 6) is 0.364. The zero-order chi connectivity index (χ0) is 14.1. The Morgan fingerprint density at radius 2 is 1.75 bits per heavy atom. The lowest BCUT2D eigenvalue weighted by Crippen LogP contribution is -2.02. The number of carbonyl (C=O) groups is 1. The summed E-state index contributed by atoms with van der Waals surface area (Å²) in [5.41, 5.74) is 1.67. The molecule has 0 atom stereocenters. The summed E-state index contributed by atoms with van der Waals surface area (Å²) in [6.07, 6.45) is 0.318. The number of hydrogen-bond donors (Lipinski definition) is 0. The van der Waals surface area contributed by atoms with Crippen molar-refractivity contribution in [1.29, 1.82) is 0 Å². The van der Waals surface area contributed by atoms with Crippen LogP contribution in [0.2, 0.25) is 0 Å². The summed E-state index contributed by atoms with van der Waals surface area (Å²) >= 11 is 6.88. The van der Waals surface area contributed by atoms with Gasteiger partial charge in [-0.1, -0.05) is 46.3 Å². The summed E-state index contributed by atoms with van der Waals surface area (Å²) in [4.78, 5) is 12.3. The van der Waals surface area contributed by atoms with Crippen molar-refractivity contribution in [3.8, 4) is 0 Å². The van der Waals surface area contributed by atoms with Crippen LogP contribution in [-0.4, -0.2) is 5.78 Å². The van der Waals surface area contributed by atoms with Gasteiger partial charge >= 0.3 is 0 Å². The van der Waals surface area contributed by atoms with Crippen molar-refractivity contribution in [2.24, 2.45) is 0 Å². The van der Waals surface area contributed by atoms with Gasteiger partial charge in [0.1, 0.15) is 5.58 Å². The molecule has 0 spiro atoms. The van der Waals surface area contributed by atoms with Crippen molar-refractivity contribution in [3.05, 3.63) is 68.8 Å². The van der Waals surface area contributed by atoms with Gasteiger partial charge in [0.25, 0.3) is 0 Å². The van der Waals surface area contributed by atoms with Crippen molar-refractivity contribution in [2.45, 2.75) is 6.42 Å². The first-order valence-electron chi connectivity index (χ1n) is 6.10. The Bertz CT molecular complexity index is 790. The van der Waals surface area contributed by atoms with E-state index in [1.807, 2.05) is 42.5 Å². The minimum atomic E-state index is -0.0278. The molecule has 0 amide bonds. The predicted octanol–water partition coefficient (Wildman–Crippen LogP) is 5.38. The van der Waals surface area contributed by atoms with E-state index in [1.54, 1.807) is 6.07 Å². The molecule has 0 bridgehead atoms. The highest BCUT2D eigenvalue weighted by Gasteiger charge is 2.15. The number of hydrogen-bond acceptors (Lipinski definition) is 2. The summed E-state index contributed by atoms with van der Waals surface area (Å²) < 4.78 is 7.45. The Morgan fingerprint density at radius 1 is 1.00 bits per heavy atom. The number of benzene rings is 2. The minimum absolute atomic E-state index is 0.0278. The molecule has 0 saturated heterocycles. The number of halogens is 2. The lowest BCUT2D eigenvalue weighted by atomic mass is 10.1. The maximum atomic E-state index is 12.3. The van der Waals surface area contributed by atoms with Crippen LogP contribution in [0.3, 0.4) is 0 Å². The quantitative estimate of drug-likeness (QED) is 0.559. The van der Waals surface area contributed by atoms with Gasteiger partial charge < -0.3 is 4.42 Å². The lowest BCUT2D eigenvalue weighted by molar-refractivity contribution is 0.0968. The fourth-order valence-corrected chi connectivity index (χ4v) is 2.95. The number of para-hydroxylation sites is 1. The highest BCUT2D eigenvalue weighted by Crippen LogP contribution is 2.28. The standard InChI is InChI=1S/C16H10Br2O2/c17-12-6-2-1-4-10(12)8-14(19)15-9-11-5-3-7-13(18)16(11)20-15/h1-7,9H,8H2. The molecule has 2 nitrogen and oxygen atoms in total. The number of Topliss-reactive ketones (excluding diaryl/α,β-unsaturated/α-hetero) is 1. The van der Waals surface area contributed by atoms with E-state index in [-0.39, 0.29) is 5.78 Å². The van der Waals surface area contributed by atoms with Crippen LogP contribution in [-0.2, 0) is 6.42 Å². The molecule has 2 aromatic carbocycles. The Morgan fingerprint density at radius 3 is 2.50 bits per heavy atom. The molecule has 4 heteroatoms. The second-order valence-electron chi connectivity index (χ2n) is 4.46. The van der Waals surface area contributed by atoms with Gasteiger partial charge in [0, 0.05) is 16.3 Å². The van der Waals surface area contributed by atoms with Crippen LogP contribution in [0, 0.1) is 0 Å². The van der Waals surface area contributed by atoms with Gasteiger partial charge in [-0.3, -0.25) is 4.79 Å². The summed E-state index contributed by atoms with van der Waals surface area (Å²) in [6, 6.07) is 15.2. The number of furan rings is 1. The summed E-state index contributed by atoms with van der Waals surface area (Å²) in [5, 5.41) is 0.926. The van der Waals surface area contributed by atoms with E-state index >= 15 is 0 Å². The van der Waals surface area contributed by atoms with Crippen molar-refractivity contribution in [2.75, 3.05) is 0 Å². The molecular weight excluding hydrogens is 384 g/mol. The lowest BCUT2D eigenvalue weighted by Gasteiger charge is -2.01. The number of ketones is 1. The van der Waals surface area contributed by atoms with Crippen LogP contribution in [0.15, 0.2) is 61.9 Å². The molecule has 0 aliphatic heterocycles. The molecule has 3 rings (SSSR count). The maximum Gasteiger partial charge on any atom is 0.202 e. The van der Waals surface area contributed by atoms with Gasteiger partial charge in [0.05, 0.1) is 4.47 Å². The van der Waals surface area contributed by atoms with E-state index in [0.29, 0.717) is 17.8 Å². The Hall–Kier alpha value is -1.39. The molecule has 0 aliphatic rings. The number of carbonyl (C=O) groups excluding carboxylic acids is 1. The fourth-order valence-electron chi connectivity index (χ4n) is 2.07. The average Bonchev–Trinajstić information content (AvgIpc) is 2.87. The first-order chi connectivity index (χ1) is 9.65. The molecule has 0 radical (unpaired) electrons. The van der Waals surface area contributed by atoms with Crippen LogP contribution in [0.5, 0.6) is 0 Å². The van der Waals surface area contributed by atoms with Gasteiger partial charge in [0.15, 0.2) is 5.76 Å². The topological polar surface area (TPSA) is 30.2 Å². The third-order valence-corrected chi connectivity index (χ3v) is 4.48. The second kappa shape index (κ2) is 5.54. The monoisotopic (exact) mass is 392 g/mol. The molecule has 0 fully saturated rings.